The zero-order valence-corrected chi connectivity index (χ0v) is 17.5. The van der Waals surface area contributed by atoms with Gasteiger partial charge in [0.25, 0.3) is 5.91 Å². The summed E-state index contributed by atoms with van der Waals surface area (Å²) in [5, 5.41) is 3.29. The van der Waals surface area contributed by atoms with Gasteiger partial charge in [-0.05, 0) is 37.6 Å². The van der Waals surface area contributed by atoms with Gasteiger partial charge >= 0.3 is 0 Å². The zero-order chi connectivity index (χ0) is 20.4. The van der Waals surface area contributed by atoms with Crippen LogP contribution in [0.15, 0.2) is 42.5 Å². The van der Waals surface area contributed by atoms with Gasteiger partial charge in [0, 0.05) is 19.2 Å². The normalized spacial score (nSPS) is 10.9. The summed E-state index contributed by atoms with van der Waals surface area (Å²) in [6.07, 6.45) is 1.75. The van der Waals surface area contributed by atoms with Crippen LogP contribution in [0.3, 0.4) is 0 Å². The Bertz CT molecular complexity index is 749. The molecule has 0 aromatic heterocycles. The van der Waals surface area contributed by atoms with E-state index in [-0.39, 0.29) is 5.91 Å². The molecule has 2 aromatic carbocycles. The van der Waals surface area contributed by atoms with E-state index in [0.717, 1.165) is 32.5 Å². The fraction of sp³-hybridized carbons (Fsp3) is 0.409. The minimum Gasteiger partial charge on any atom is -0.493 e. The van der Waals surface area contributed by atoms with E-state index in [1.807, 2.05) is 18.2 Å². The molecule has 0 fully saturated rings. The lowest BCUT2D eigenvalue weighted by Gasteiger charge is -2.18. The first-order chi connectivity index (χ1) is 13.5. The van der Waals surface area contributed by atoms with Gasteiger partial charge in [-0.2, -0.15) is 0 Å². The SMILES string of the molecule is CCN(CC)CCNC(=O)c1cc(Cl)c(N)cc1OCCCc1ccccc1. The Labute approximate surface area is 172 Å². The van der Waals surface area contributed by atoms with E-state index in [2.05, 4.69) is 36.2 Å². The number of nitrogens with two attached hydrogens (primary N) is 1. The molecule has 0 atom stereocenters. The second kappa shape index (κ2) is 11.6. The van der Waals surface area contributed by atoms with Crippen molar-refractivity contribution < 1.29 is 9.53 Å². The van der Waals surface area contributed by atoms with Crippen LogP contribution < -0.4 is 15.8 Å². The lowest BCUT2D eigenvalue weighted by atomic mass is 10.1. The number of benzene rings is 2. The zero-order valence-electron chi connectivity index (χ0n) is 16.7. The maximum absolute atomic E-state index is 12.6. The van der Waals surface area contributed by atoms with Crippen LogP contribution in [-0.2, 0) is 6.42 Å². The van der Waals surface area contributed by atoms with Crippen molar-refractivity contribution in [2.24, 2.45) is 0 Å². The molecule has 3 N–H and O–H groups in total. The molecule has 5 nitrogen and oxygen atoms in total. The second-order valence-corrected chi connectivity index (χ2v) is 7.00. The van der Waals surface area contributed by atoms with Crippen LogP contribution in [0.25, 0.3) is 0 Å². The third-order valence-corrected chi connectivity index (χ3v) is 4.99. The van der Waals surface area contributed by atoms with Crippen molar-refractivity contribution in [3.8, 4) is 5.75 Å². The number of hydrogen-bond donors (Lipinski definition) is 2. The van der Waals surface area contributed by atoms with Gasteiger partial charge in [-0.25, -0.2) is 0 Å². The fourth-order valence-electron chi connectivity index (χ4n) is 2.93. The van der Waals surface area contributed by atoms with Crippen LogP contribution in [0.1, 0.15) is 36.2 Å². The first kappa shape index (κ1) is 22.1. The monoisotopic (exact) mass is 403 g/mol. The molecule has 0 aliphatic rings. The number of carbonyl (C=O) groups excluding carboxylic acids is 1. The highest BCUT2D eigenvalue weighted by atomic mass is 35.5. The van der Waals surface area contributed by atoms with Gasteiger partial charge in [0.1, 0.15) is 5.75 Å². The number of ether oxygens (including phenoxy) is 1. The van der Waals surface area contributed by atoms with Gasteiger partial charge in [-0.15, -0.1) is 0 Å². The van der Waals surface area contributed by atoms with Gasteiger partial charge in [0.15, 0.2) is 0 Å². The number of nitrogens with zero attached hydrogens (tertiary/aromatic N) is 1. The molecule has 0 heterocycles. The number of nitrogen functional groups attached to an aromatic ring is 1. The molecule has 0 radical (unpaired) electrons. The number of hydrogen-bond acceptors (Lipinski definition) is 4. The number of amides is 1. The summed E-state index contributed by atoms with van der Waals surface area (Å²) in [6, 6.07) is 13.4. The maximum atomic E-state index is 12.6. The van der Waals surface area contributed by atoms with Gasteiger partial charge in [-0.3, -0.25) is 4.79 Å². The van der Waals surface area contributed by atoms with Gasteiger partial charge in [-0.1, -0.05) is 55.8 Å². The lowest BCUT2D eigenvalue weighted by molar-refractivity contribution is 0.0945. The van der Waals surface area contributed by atoms with Crippen molar-refractivity contribution in [3.05, 3.63) is 58.6 Å². The van der Waals surface area contributed by atoms with Crippen molar-refractivity contribution in [1.29, 1.82) is 0 Å². The molecule has 6 heteroatoms. The third kappa shape index (κ3) is 6.73. The van der Waals surface area contributed by atoms with E-state index in [0.29, 0.717) is 35.2 Å². The molecule has 0 bridgehead atoms. The number of rotatable bonds is 11. The molecular weight excluding hydrogens is 374 g/mol. The summed E-state index contributed by atoms with van der Waals surface area (Å²) in [5.41, 5.74) is 7.99. The number of nitrogens with one attached hydrogen (secondary N) is 1. The van der Waals surface area contributed by atoms with Crippen molar-refractivity contribution >= 4 is 23.2 Å². The Morgan fingerprint density at radius 1 is 1.18 bits per heavy atom. The van der Waals surface area contributed by atoms with Crippen molar-refractivity contribution in [2.75, 3.05) is 38.5 Å². The van der Waals surface area contributed by atoms with Crippen LogP contribution in [0.4, 0.5) is 5.69 Å². The summed E-state index contributed by atoms with van der Waals surface area (Å²) < 4.78 is 5.88. The highest BCUT2D eigenvalue weighted by Gasteiger charge is 2.15. The minimum atomic E-state index is -0.202. The molecule has 1 amide bonds. The number of likely N-dealkylation sites (N-methyl/N-ethyl adjacent to an activating group) is 1. The number of aryl methyl sites for hydroxylation is 1. The van der Waals surface area contributed by atoms with Gasteiger partial charge in [0.2, 0.25) is 0 Å². The molecular formula is C22H30ClN3O2. The van der Waals surface area contributed by atoms with Gasteiger partial charge in [0.05, 0.1) is 22.9 Å². The van der Waals surface area contributed by atoms with Crippen LogP contribution >= 0.6 is 11.6 Å². The Kier molecular flexibility index (Phi) is 9.11. The largest absolute Gasteiger partial charge is 0.493 e. The van der Waals surface area contributed by atoms with Crippen LogP contribution in [0, 0.1) is 0 Å². The average molecular weight is 404 g/mol. The number of carbonyl (C=O) groups is 1. The quantitative estimate of drug-likeness (QED) is 0.439. The molecule has 0 aliphatic heterocycles. The van der Waals surface area contributed by atoms with E-state index in [4.69, 9.17) is 22.1 Å². The number of halogens is 1. The van der Waals surface area contributed by atoms with Crippen molar-refractivity contribution in [3.63, 3.8) is 0 Å². The van der Waals surface area contributed by atoms with E-state index in [1.165, 1.54) is 5.56 Å². The first-order valence-electron chi connectivity index (χ1n) is 9.81. The van der Waals surface area contributed by atoms with E-state index in [9.17, 15) is 4.79 Å². The molecule has 0 saturated heterocycles. The molecule has 152 valence electrons. The Morgan fingerprint density at radius 3 is 2.57 bits per heavy atom. The molecule has 0 aliphatic carbocycles. The predicted octanol–water partition coefficient (Wildman–Crippen LogP) is 4.01. The maximum Gasteiger partial charge on any atom is 0.255 e. The predicted molar refractivity (Wildman–Crippen MR) is 116 cm³/mol. The minimum absolute atomic E-state index is 0.202. The summed E-state index contributed by atoms with van der Waals surface area (Å²) in [4.78, 5) is 14.9. The Morgan fingerprint density at radius 2 is 1.89 bits per heavy atom. The number of anilines is 1. The molecule has 0 spiro atoms. The third-order valence-electron chi connectivity index (χ3n) is 4.66. The summed E-state index contributed by atoms with van der Waals surface area (Å²) in [6.45, 7) is 7.98. The van der Waals surface area contributed by atoms with Crippen LogP contribution in [-0.4, -0.2) is 43.6 Å². The Hall–Kier alpha value is -2.24. The van der Waals surface area contributed by atoms with Crippen molar-refractivity contribution in [2.45, 2.75) is 26.7 Å². The smallest absolute Gasteiger partial charge is 0.255 e. The second-order valence-electron chi connectivity index (χ2n) is 6.59. The molecule has 0 unspecified atom stereocenters. The topological polar surface area (TPSA) is 67.6 Å². The molecule has 2 aromatic rings. The van der Waals surface area contributed by atoms with E-state index in [1.54, 1.807) is 12.1 Å². The average Bonchev–Trinajstić information content (AvgIpc) is 2.71. The summed E-state index contributed by atoms with van der Waals surface area (Å²) in [7, 11) is 0. The highest BCUT2D eigenvalue weighted by molar-refractivity contribution is 6.33. The molecule has 28 heavy (non-hydrogen) atoms. The van der Waals surface area contributed by atoms with Crippen LogP contribution in [0.2, 0.25) is 5.02 Å². The summed E-state index contributed by atoms with van der Waals surface area (Å²) in [5.74, 6) is 0.266. The van der Waals surface area contributed by atoms with Crippen molar-refractivity contribution in [1.82, 2.24) is 10.2 Å². The summed E-state index contributed by atoms with van der Waals surface area (Å²) >= 11 is 6.13. The molecule has 0 saturated carbocycles. The lowest BCUT2D eigenvalue weighted by Crippen LogP contribution is -2.35. The molecule has 2 rings (SSSR count). The van der Waals surface area contributed by atoms with Crippen LogP contribution in [0.5, 0.6) is 5.75 Å². The Balaban J connectivity index is 1.95. The fourth-order valence-corrected chi connectivity index (χ4v) is 3.10. The standard InChI is InChI=1S/C22H30ClN3O2/c1-3-26(4-2)13-12-25-22(27)18-15-19(23)20(24)16-21(18)28-14-8-11-17-9-6-5-7-10-17/h5-7,9-10,15-16H,3-4,8,11-14,24H2,1-2H3,(H,25,27). The van der Waals surface area contributed by atoms with Gasteiger partial charge < -0.3 is 20.7 Å². The van der Waals surface area contributed by atoms with E-state index >= 15 is 0 Å². The van der Waals surface area contributed by atoms with E-state index < -0.39 is 0 Å². The highest BCUT2D eigenvalue weighted by Crippen LogP contribution is 2.29. The first-order valence-corrected chi connectivity index (χ1v) is 10.2.